The van der Waals surface area contributed by atoms with Gasteiger partial charge in [0.1, 0.15) is 10.8 Å². The van der Waals surface area contributed by atoms with Gasteiger partial charge in [-0.1, -0.05) is 23.3 Å². The van der Waals surface area contributed by atoms with Crippen molar-refractivity contribution in [2.75, 3.05) is 18.4 Å². The van der Waals surface area contributed by atoms with Gasteiger partial charge in [0, 0.05) is 29.9 Å². The van der Waals surface area contributed by atoms with E-state index in [-0.39, 0.29) is 5.91 Å². The Hall–Kier alpha value is -2.23. The van der Waals surface area contributed by atoms with E-state index < -0.39 is 0 Å². The fourth-order valence-corrected chi connectivity index (χ4v) is 4.82. The highest BCUT2D eigenvalue weighted by atomic mass is 32.2. The highest BCUT2D eigenvalue weighted by molar-refractivity contribution is 7.98. The standard InChI is InChI=1S/C20H23N5O2S2/c1-14-10-15(24-27-14)12-28-19-17(6-5-7-21-19)18(26)23-20-22-16(13-29-20)11-25-8-3-2-4-9-25/h5-7,10,13H,2-4,8-9,11-12H2,1H3,(H,22,23,26). The number of aryl methyl sites for hydroxylation is 1. The number of carbonyl (C=O) groups excluding carboxylic acids is 1. The van der Waals surface area contributed by atoms with Crippen molar-refractivity contribution in [3.05, 3.63) is 52.5 Å². The molecule has 152 valence electrons. The second kappa shape index (κ2) is 9.51. The van der Waals surface area contributed by atoms with Crippen molar-refractivity contribution in [2.24, 2.45) is 0 Å². The maximum absolute atomic E-state index is 12.8. The Bertz CT molecular complexity index is 965. The summed E-state index contributed by atoms with van der Waals surface area (Å²) in [4.78, 5) is 24.2. The van der Waals surface area contributed by atoms with Crippen molar-refractivity contribution in [1.82, 2.24) is 20.0 Å². The van der Waals surface area contributed by atoms with Crippen molar-refractivity contribution in [3.63, 3.8) is 0 Å². The number of rotatable bonds is 7. The molecule has 0 saturated carbocycles. The molecule has 0 spiro atoms. The number of hydrogen-bond donors (Lipinski definition) is 1. The van der Waals surface area contributed by atoms with Crippen LogP contribution in [0.5, 0.6) is 0 Å². The third-order valence-electron chi connectivity index (χ3n) is 4.66. The van der Waals surface area contributed by atoms with Crippen LogP contribution in [0.2, 0.25) is 0 Å². The molecule has 0 unspecified atom stereocenters. The predicted molar refractivity (Wildman–Crippen MR) is 114 cm³/mol. The molecule has 0 radical (unpaired) electrons. The van der Waals surface area contributed by atoms with Gasteiger partial charge in [-0.15, -0.1) is 11.3 Å². The molecule has 4 heterocycles. The van der Waals surface area contributed by atoms with E-state index in [0.717, 1.165) is 36.8 Å². The van der Waals surface area contributed by atoms with Gasteiger partial charge in [0.05, 0.1) is 17.0 Å². The Morgan fingerprint density at radius 3 is 2.97 bits per heavy atom. The number of aromatic nitrogens is 3. The van der Waals surface area contributed by atoms with Gasteiger partial charge in [0.15, 0.2) is 5.13 Å². The molecule has 1 saturated heterocycles. The van der Waals surface area contributed by atoms with Gasteiger partial charge < -0.3 is 4.52 Å². The highest BCUT2D eigenvalue weighted by Crippen LogP contribution is 2.26. The van der Waals surface area contributed by atoms with E-state index in [2.05, 4.69) is 25.3 Å². The number of nitrogens with one attached hydrogen (secondary N) is 1. The summed E-state index contributed by atoms with van der Waals surface area (Å²) in [5.74, 6) is 1.16. The lowest BCUT2D eigenvalue weighted by Gasteiger charge is -2.25. The highest BCUT2D eigenvalue weighted by Gasteiger charge is 2.17. The molecular formula is C20H23N5O2S2. The topological polar surface area (TPSA) is 84.2 Å². The molecule has 0 bridgehead atoms. The first-order valence-electron chi connectivity index (χ1n) is 9.65. The molecule has 3 aromatic rings. The quantitative estimate of drug-likeness (QED) is 0.558. The zero-order valence-electron chi connectivity index (χ0n) is 16.3. The van der Waals surface area contributed by atoms with E-state index >= 15 is 0 Å². The second-order valence-electron chi connectivity index (χ2n) is 7.01. The molecule has 1 aliphatic heterocycles. The van der Waals surface area contributed by atoms with Crippen LogP contribution in [0.25, 0.3) is 0 Å². The van der Waals surface area contributed by atoms with Gasteiger partial charge in [0.25, 0.3) is 5.91 Å². The summed E-state index contributed by atoms with van der Waals surface area (Å²) in [6, 6.07) is 5.43. The molecule has 4 rings (SSSR count). The summed E-state index contributed by atoms with van der Waals surface area (Å²) in [7, 11) is 0. The zero-order chi connectivity index (χ0) is 20.1. The molecule has 1 amide bonds. The number of hydrogen-bond acceptors (Lipinski definition) is 8. The number of carbonyl (C=O) groups is 1. The zero-order valence-corrected chi connectivity index (χ0v) is 17.9. The van der Waals surface area contributed by atoms with Gasteiger partial charge in [-0.2, -0.15) is 0 Å². The number of pyridine rings is 1. The lowest BCUT2D eigenvalue weighted by Crippen LogP contribution is -2.29. The van der Waals surface area contributed by atoms with E-state index in [1.807, 2.05) is 18.4 Å². The van der Waals surface area contributed by atoms with Crippen LogP contribution in [-0.4, -0.2) is 39.0 Å². The Labute approximate surface area is 177 Å². The number of likely N-dealkylation sites (tertiary alicyclic amines) is 1. The summed E-state index contributed by atoms with van der Waals surface area (Å²) in [6.45, 7) is 4.95. The van der Waals surface area contributed by atoms with Gasteiger partial charge in [-0.05, 0) is 45.0 Å². The van der Waals surface area contributed by atoms with E-state index in [1.54, 1.807) is 18.3 Å². The molecule has 29 heavy (non-hydrogen) atoms. The minimum absolute atomic E-state index is 0.198. The number of piperidine rings is 1. The first-order chi connectivity index (χ1) is 14.2. The number of anilines is 1. The predicted octanol–water partition coefficient (Wildman–Crippen LogP) is 4.37. The first kappa shape index (κ1) is 20.1. The third kappa shape index (κ3) is 5.43. The van der Waals surface area contributed by atoms with Gasteiger partial charge in [-0.3, -0.25) is 15.0 Å². The largest absolute Gasteiger partial charge is 0.361 e. The minimum atomic E-state index is -0.198. The van der Waals surface area contributed by atoms with E-state index in [9.17, 15) is 4.79 Å². The van der Waals surface area contributed by atoms with Crippen LogP contribution in [0, 0.1) is 6.92 Å². The van der Waals surface area contributed by atoms with Crippen LogP contribution in [0.3, 0.4) is 0 Å². The summed E-state index contributed by atoms with van der Waals surface area (Å²) >= 11 is 2.92. The van der Waals surface area contributed by atoms with Crippen LogP contribution in [0.4, 0.5) is 5.13 Å². The average molecular weight is 430 g/mol. The van der Waals surface area contributed by atoms with Gasteiger partial charge in [-0.25, -0.2) is 9.97 Å². The van der Waals surface area contributed by atoms with E-state index in [0.29, 0.717) is 21.5 Å². The van der Waals surface area contributed by atoms with Crippen molar-refractivity contribution in [3.8, 4) is 0 Å². The van der Waals surface area contributed by atoms with Crippen molar-refractivity contribution < 1.29 is 9.32 Å². The van der Waals surface area contributed by atoms with Crippen LogP contribution in [0.15, 0.2) is 39.3 Å². The fourth-order valence-electron chi connectivity index (χ4n) is 3.26. The molecule has 1 aliphatic rings. The summed E-state index contributed by atoms with van der Waals surface area (Å²) in [5.41, 5.74) is 2.37. The SMILES string of the molecule is Cc1cc(CSc2ncccc2C(=O)Nc2nc(CN3CCCCC3)cs2)no1. The molecule has 0 aliphatic carbocycles. The Balaban J connectivity index is 1.38. The first-order valence-corrected chi connectivity index (χ1v) is 11.5. The number of amides is 1. The van der Waals surface area contributed by atoms with Crippen molar-refractivity contribution >= 4 is 34.1 Å². The monoisotopic (exact) mass is 429 g/mol. The second-order valence-corrected chi connectivity index (χ2v) is 8.83. The third-order valence-corrected chi connectivity index (χ3v) is 6.50. The molecule has 3 aromatic heterocycles. The van der Waals surface area contributed by atoms with Gasteiger partial charge >= 0.3 is 0 Å². The molecule has 0 aromatic carbocycles. The molecular weight excluding hydrogens is 406 g/mol. The van der Waals surface area contributed by atoms with Crippen molar-refractivity contribution in [2.45, 2.75) is 43.5 Å². The maximum atomic E-state index is 12.8. The molecule has 9 heteroatoms. The summed E-state index contributed by atoms with van der Waals surface area (Å²) in [5, 5.41) is 10.2. The Kier molecular flexibility index (Phi) is 6.58. The lowest BCUT2D eigenvalue weighted by atomic mass is 10.1. The number of nitrogens with zero attached hydrogens (tertiary/aromatic N) is 4. The van der Waals surface area contributed by atoms with Crippen LogP contribution in [0.1, 0.15) is 46.8 Å². The molecule has 7 nitrogen and oxygen atoms in total. The van der Waals surface area contributed by atoms with Crippen molar-refractivity contribution in [1.29, 1.82) is 0 Å². The smallest absolute Gasteiger partial charge is 0.260 e. The Morgan fingerprint density at radius 1 is 1.31 bits per heavy atom. The number of thioether (sulfide) groups is 1. The minimum Gasteiger partial charge on any atom is -0.361 e. The molecule has 1 N–H and O–H groups in total. The molecule has 1 fully saturated rings. The van der Waals surface area contributed by atoms with Gasteiger partial charge in [0.2, 0.25) is 0 Å². The van der Waals surface area contributed by atoms with Crippen LogP contribution in [-0.2, 0) is 12.3 Å². The van der Waals surface area contributed by atoms with Crippen LogP contribution >= 0.6 is 23.1 Å². The normalized spacial score (nSPS) is 14.8. The Morgan fingerprint density at radius 2 is 2.17 bits per heavy atom. The summed E-state index contributed by atoms with van der Waals surface area (Å²) in [6.07, 6.45) is 5.51. The van der Waals surface area contributed by atoms with E-state index in [4.69, 9.17) is 4.52 Å². The molecule has 0 atom stereocenters. The lowest BCUT2D eigenvalue weighted by molar-refractivity contribution is 0.102. The van der Waals surface area contributed by atoms with E-state index in [1.165, 1.54) is 42.4 Å². The summed E-state index contributed by atoms with van der Waals surface area (Å²) < 4.78 is 5.09. The average Bonchev–Trinajstić information content (AvgIpc) is 3.36. The number of thiazole rings is 1. The maximum Gasteiger partial charge on any atom is 0.260 e. The van der Waals surface area contributed by atoms with Crippen LogP contribution < -0.4 is 5.32 Å². The fraction of sp³-hybridized carbons (Fsp3) is 0.400.